The van der Waals surface area contributed by atoms with Crippen LogP contribution >= 0.6 is 23.1 Å². The standard InChI is InChI=1S/C8H14N4OS2/c1-2-3-4-5-14-8-12-11-7(15-8)9-6-10-13/h6,13H,2-5H2,1H3,(H,9,10,11). The van der Waals surface area contributed by atoms with E-state index in [9.17, 15) is 0 Å². The highest BCUT2D eigenvalue weighted by atomic mass is 32.2. The van der Waals surface area contributed by atoms with Crippen LogP contribution in [0.3, 0.4) is 0 Å². The lowest BCUT2D eigenvalue weighted by Gasteiger charge is -1.94. The molecular weight excluding hydrogens is 232 g/mol. The minimum Gasteiger partial charge on any atom is -0.410 e. The minimum atomic E-state index is 0.644. The maximum atomic E-state index is 8.19. The number of thioether (sulfide) groups is 1. The zero-order valence-electron chi connectivity index (χ0n) is 8.51. The molecule has 0 aliphatic heterocycles. The first-order valence-electron chi connectivity index (χ1n) is 4.75. The number of rotatable bonds is 7. The summed E-state index contributed by atoms with van der Waals surface area (Å²) in [5.74, 6) is 1.08. The third-order valence-electron chi connectivity index (χ3n) is 1.63. The van der Waals surface area contributed by atoms with E-state index in [0.29, 0.717) is 5.13 Å². The SMILES string of the molecule is CCCCCSc1nnc(N/C=N/O)s1. The second-order valence-corrected chi connectivity index (χ2v) is 5.14. The van der Waals surface area contributed by atoms with E-state index in [1.54, 1.807) is 11.8 Å². The van der Waals surface area contributed by atoms with Gasteiger partial charge in [0.15, 0.2) is 4.34 Å². The predicted molar refractivity (Wildman–Crippen MR) is 64.1 cm³/mol. The van der Waals surface area contributed by atoms with Gasteiger partial charge < -0.3 is 10.5 Å². The molecular formula is C8H14N4OS2. The quantitative estimate of drug-likeness (QED) is 0.193. The van der Waals surface area contributed by atoms with Crippen LogP contribution in [0.4, 0.5) is 5.13 Å². The number of unbranched alkanes of at least 4 members (excludes halogenated alkanes) is 2. The van der Waals surface area contributed by atoms with E-state index >= 15 is 0 Å². The van der Waals surface area contributed by atoms with E-state index in [1.807, 2.05) is 0 Å². The Bertz CT molecular complexity index is 303. The van der Waals surface area contributed by atoms with Gasteiger partial charge in [-0.05, 0) is 6.42 Å². The average Bonchev–Trinajstić information content (AvgIpc) is 2.69. The van der Waals surface area contributed by atoms with Crippen molar-refractivity contribution < 1.29 is 5.21 Å². The Morgan fingerprint density at radius 1 is 1.53 bits per heavy atom. The van der Waals surface area contributed by atoms with Gasteiger partial charge in [-0.15, -0.1) is 10.2 Å². The van der Waals surface area contributed by atoms with E-state index in [-0.39, 0.29) is 0 Å². The van der Waals surface area contributed by atoms with Crippen molar-refractivity contribution in [3.05, 3.63) is 0 Å². The topological polar surface area (TPSA) is 70.4 Å². The molecule has 7 heteroatoms. The molecule has 1 aromatic heterocycles. The summed E-state index contributed by atoms with van der Waals surface area (Å²) in [6.45, 7) is 2.19. The molecule has 1 rings (SSSR count). The first kappa shape index (κ1) is 12.3. The highest BCUT2D eigenvalue weighted by molar-refractivity contribution is 8.01. The molecule has 0 unspecified atom stereocenters. The van der Waals surface area contributed by atoms with Gasteiger partial charge in [0, 0.05) is 5.75 Å². The number of anilines is 1. The Morgan fingerprint density at radius 3 is 3.13 bits per heavy atom. The van der Waals surface area contributed by atoms with Crippen molar-refractivity contribution in [3.8, 4) is 0 Å². The average molecular weight is 246 g/mol. The number of nitrogens with zero attached hydrogens (tertiary/aromatic N) is 3. The Labute approximate surface area is 97.0 Å². The highest BCUT2D eigenvalue weighted by Gasteiger charge is 2.02. The zero-order valence-corrected chi connectivity index (χ0v) is 10.1. The fourth-order valence-electron chi connectivity index (χ4n) is 0.922. The first-order chi connectivity index (χ1) is 7.36. The lowest BCUT2D eigenvalue weighted by molar-refractivity contribution is 0.321. The smallest absolute Gasteiger partial charge is 0.211 e. The number of oxime groups is 1. The molecule has 0 atom stereocenters. The second-order valence-electron chi connectivity index (χ2n) is 2.82. The van der Waals surface area contributed by atoms with Crippen LogP contribution in [0.2, 0.25) is 0 Å². The summed E-state index contributed by atoms with van der Waals surface area (Å²) in [6, 6.07) is 0. The van der Waals surface area contributed by atoms with Crippen LogP contribution < -0.4 is 5.32 Å². The molecule has 84 valence electrons. The molecule has 0 aromatic carbocycles. The van der Waals surface area contributed by atoms with E-state index in [1.165, 1.54) is 36.9 Å². The maximum absolute atomic E-state index is 8.19. The first-order valence-corrected chi connectivity index (χ1v) is 6.55. The summed E-state index contributed by atoms with van der Waals surface area (Å²) >= 11 is 3.17. The Balaban J connectivity index is 2.26. The van der Waals surface area contributed by atoms with E-state index in [0.717, 1.165) is 10.1 Å². The van der Waals surface area contributed by atoms with Gasteiger partial charge in [-0.2, -0.15) is 0 Å². The monoisotopic (exact) mass is 246 g/mol. The molecule has 0 amide bonds. The van der Waals surface area contributed by atoms with Crippen LogP contribution in [-0.2, 0) is 0 Å². The molecule has 15 heavy (non-hydrogen) atoms. The molecule has 2 N–H and O–H groups in total. The summed E-state index contributed by atoms with van der Waals surface area (Å²) in [7, 11) is 0. The Morgan fingerprint density at radius 2 is 2.40 bits per heavy atom. The Kier molecular flexibility index (Phi) is 6.10. The number of hydrogen-bond acceptors (Lipinski definition) is 6. The summed E-state index contributed by atoms with van der Waals surface area (Å²) in [5.41, 5.74) is 0. The number of aromatic nitrogens is 2. The van der Waals surface area contributed by atoms with Crippen LogP contribution in [0.25, 0.3) is 0 Å². The van der Waals surface area contributed by atoms with Gasteiger partial charge in [-0.25, -0.2) is 0 Å². The van der Waals surface area contributed by atoms with E-state index in [4.69, 9.17) is 5.21 Å². The van der Waals surface area contributed by atoms with Gasteiger partial charge in [0.1, 0.15) is 6.34 Å². The molecule has 0 radical (unpaired) electrons. The molecule has 0 fully saturated rings. The molecule has 0 aliphatic carbocycles. The molecule has 0 bridgehead atoms. The van der Waals surface area contributed by atoms with Crippen LogP contribution in [0.5, 0.6) is 0 Å². The van der Waals surface area contributed by atoms with Gasteiger partial charge in [-0.1, -0.05) is 48.0 Å². The lowest BCUT2D eigenvalue weighted by atomic mass is 10.3. The van der Waals surface area contributed by atoms with Crippen molar-refractivity contribution in [1.29, 1.82) is 0 Å². The molecule has 0 saturated carbocycles. The van der Waals surface area contributed by atoms with Gasteiger partial charge in [0.2, 0.25) is 5.13 Å². The van der Waals surface area contributed by atoms with Crippen LogP contribution in [-0.4, -0.2) is 27.5 Å². The van der Waals surface area contributed by atoms with E-state index < -0.39 is 0 Å². The van der Waals surface area contributed by atoms with E-state index in [2.05, 4.69) is 27.6 Å². The van der Waals surface area contributed by atoms with Crippen LogP contribution in [0, 0.1) is 0 Å². The fraction of sp³-hybridized carbons (Fsp3) is 0.625. The fourth-order valence-corrected chi connectivity index (χ4v) is 2.71. The summed E-state index contributed by atoms with van der Waals surface area (Å²) in [5, 5.41) is 22.2. The van der Waals surface area contributed by atoms with Crippen LogP contribution in [0.15, 0.2) is 9.50 Å². The second kappa shape index (κ2) is 7.47. The lowest BCUT2D eigenvalue weighted by Crippen LogP contribution is -1.92. The third kappa shape index (κ3) is 4.98. The molecule has 5 nitrogen and oxygen atoms in total. The molecule has 1 heterocycles. The summed E-state index contributed by atoms with van der Waals surface area (Å²) in [6.07, 6.45) is 4.87. The molecule has 0 saturated heterocycles. The number of nitrogens with one attached hydrogen (secondary N) is 1. The van der Waals surface area contributed by atoms with Crippen molar-refractivity contribution in [2.24, 2.45) is 5.16 Å². The van der Waals surface area contributed by atoms with Crippen molar-refractivity contribution >= 4 is 34.6 Å². The predicted octanol–water partition coefficient (Wildman–Crippen LogP) is 2.65. The molecule has 0 aliphatic rings. The van der Waals surface area contributed by atoms with Gasteiger partial charge in [0.05, 0.1) is 0 Å². The summed E-state index contributed by atoms with van der Waals surface area (Å²) < 4.78 is 0.944. The van der Waals surface area contributed by atoms with Crippen molar-refractivity contribution in [2.45, 2.75) is 30.5 Å². The molecule has 0 spiro atoms. The number of hydrogen-bond donors (Lipinski definition) is 2. The van der Waals surface area contributed by atoms with Crippen molar-refractivity contribution in [2.75, 3.05) is 11.1 Å². The van der Waals surface area contributed by atoms with Gasteiger partial charge >= 0.3 is 0 Å². The van der Waals surface area contributed by atoms with Gasteiger partial charge in [0.25, 0.3) is 0 Å². The normalized spacial score (nSPS) is 11.0. The minimum absolute atomic E-state index is 0.644. The highest BCUT2D eigenvalue weighted by Crippen LogP contribution is 2.25. The van der Waals surface area contributed by atoms with Crippen molar-refractivity contribution in [1.82, 2.24) is 10.2 Å². The largest absolute Gasteiger partial charge is 0.410 e. The third-order valence-corrected chi connectivity index (χ3v) is 3.70. The van der Waals surface area contributed by atoms with Crippen molar-refractivity contribution in [3.63, 3.8) is 0 Å². The Hall–Kier alpha value is -0.820. The maximum Gasteiger partial charge on any atom is 0.211 e. The zero-order chi connectivity index (χ0) is 10.9. The summed E-state index contributed by atoms with van der Waals surface area (Å²) in [4.78, 5) is 0. The van der Waals surface area contributed by atoms with Crippen LogP contribution in [0.1, 0.15) is 26.2 Å². The molecule has 1 aromatic rings. The van der Waals surface area contributed by atoms with Gasteiger partial charge in [-0.3, -0.25) is 0 Å².